The Hall–Kier alpha value is -1.55. The number of aryl methyl sites for hydroxylation is 1. The molecule has 0 radical (unpaired) electrons. The quantitative estimate of drug-likeness (QED) is 0.443. The van der Waals surface area contributed by atoms with Gasteiger partial charge < -0.3 is 4.90 Å². The van der Waals surface area contributed by atoms with E-state index in [2.05, 4.69) is 15.9 Å². The summed E-state index contributed by atoms with van der Waals surface area (Å²) < 4.78 is 34.5. The molecule has 2 rings (SSSR count). The third-order valence-corrected chi connectivity index (χ3v) is 4.77. The molecule has 1 aromatic carbocycles. The fraction of sp³-hybridized carbons (Fsp3) is 0.417. The highest BCUT2D eigenvalue weighted by atomic mass is 79.9. The van der Waals surface area contributed by atoms with E-state index in [9.17, 15) is 27.2 Å². The zero-order chi connectivity index (χ0) is 16.7. The van der Waals surface area contributed by atoms with E-state index in [4.69, 9.17) is 0 Å². The van der Waals surface area contributed by atoms with E-state index in [1.165, 1.54) is 6.07 Å². The molecule has 0 spiro atoms. The van der Waals surface area contributed by atoms with Crippen molar-refractivity contribution in [3.8, 4) is 0 Å². The van der Waals surface area contributed by atoms with Crippen molar-refractivity contribution in [2.45, 2.75) is 13.3 Å². The maximum Gasteiger partial charge on any atom is 0.302 e. The maximum atomic E-state index is 12.8. The van der Waals surface area contributed by atoms with Crippen molar-refractivity contribution >= 4 is 43.4 Å². The van der Waals surface area contributed by atoms with Gasteiger partial charge >= 0.3 is 10.2 Å². The third kappa shape index (κ3) is 3.61. The topological polar surface area (TPSA) is 97.6 Å². The monoisotopic (exact) mass is 394 g/mol. The van der Waals surface area contributed by atoms with Crippen LogP contribution in [0.2, 0.25) is 0 Å². The van der Waals surface area contributed by atoms with Gasteiger partial charge in [0, 0.05) is 29.4 Å². The van der Waals surface area contributed by atoms with Crippen molar-refractivity contribution in [1.29, 1.82) is 0 Å². The van der Waals surface area contributed by atoms with Crippen LogP contribution in [0.1, 0.15) is 12.0 Å². The lowest BCUT2D eigenvalue weighted by molar-refractivity contribution is -0.384. The molecule has 0 aliphatic carbocycles. The molecule has 1 unspecified atom stereocenters. The molecule has 1 fully saturated rings. The van der Waals surface area contributed by atoms with Crippen LogP contribution < -0.4 is 4.90 Å². The summed E-state index contributed by atoms with van der Waals surface area (Å²) in [6.07, 6.45) is -0.166. The van der Waals surface area contributed by atoms with Crippen molar-refractivity contribution < 1.29 is 22.0 Å². The van der Waals surface area contributed by atoms with Crippen LogP contribution >= 0.6 is 15.9 Å². The molecule has 1 aliphatic heterocycles. The van der Waals surface area contributed by atoms with Crippen LogP contribution in [0.3, 0.4) is 0 Å². The van der Waals surface area contributed by atoms with Gasteiger partial charge in [0.1, 0.15) is 5.69 Å². The Morgan fingerprint density at radius 1 is 1.50 bits per heavy atom. The van der Waals surface area contributed by atoms with Crippen molar-refractivity contribution in [2.75, 3.05) is 17.2 Å². The van der Waals surface area contributed by atoms with Crippen LogP contribution in [0.5, 0.6) is 0 Å². The number of hydrogen-bond donors (Lipinski definition) is 0. The molecule has 10 heteroatoms. The van der Waals surface area contributed by atoms with Crippen LogP contribution in [-0.4, -0.2) is 31.5 Å². The Balaban J connectivity index is 2.40. The van der Waals surface area contributed by atoms with Crippen LogP contribution in [0.15, 0.2) is 16.6 Å². The Labute approximate surface area is 134 Å². The van der Waals surface area contributed by atoms with Gasteiger partial charge in [0.05, 0.1) is 10.7 Å². The Morgan fingerprint density at radius 2 is 2.14 bits per heavy atom. The highest BCUT2D eigenvalue weighted by molar-refractivity contribution is 9.10. The fourth-order valence-corrected chi connectivity index (χ4v) is 4.08. The van der Waals surface area contributed by atoms with Crippen LogP contribution in [0.4, 0.5) is 15.3 Å². The van der Waals surface area contributed by atoms with Gasteiger partial charge in [-0.3, -0.25) is 14.9 Å². The summed E-state index contributed by atoms with van der Waals surface area (Å²) in [6, 6.07) is 2.95. The first kappa shape index (κ1) is 16.8. The lowest BCUT2D eigenvalue weighted by Gasteiger charge is -2.18. The van der Waals surface area contributed by atoms with Gasteiger partial charge in [-0.25, -0.2) is 0 Å². The highest BCUT2D eigenvalue weighted by Gasteiger charge is 2.37. The van der Waals surface area contributed by atoms with Crippen molar-refractivity contribution in [3.63, 3.8) is 0 Å². The molecule has 0 aromatic heterocycles. The summed E-state index contributed by atoms with van der Waals surface area (Å²) >= 11 is 3.19. The molecular weight excluding hydrogens is 383 g/mol. The summed E-state index contributed by atoms with van der Waals surface area (Å²) in [4.78, 5) is 23.8. The number of nitro groups is 1. The SMILES string of the molecule is Cc1cc(Br)c(N2CC(CS(=O)(=O)F)CC2=O)c([N+](=O)[O-])c1. The normalized spacial score (nSPS) is 18.8. The van der Waals surface area contributed by atoms with Crippen molar-refractivity contribution in [1.82, 2.24) is 0 Å². The van der Waals surface area contributed by atoms with Gasteiger partial charge in [-0.05, 0) is 34.5 Å². The average Bonchev–Trinajstić information content (AvgIpc) is 2.66. The van der Waals surface area contributed by atoms with Crippen LogP contribution in [0.25, 0.3) is 0 Å². The number of hydrogen-bond acceptors (Lipinski definition) is 5. The Kier molecular flexibility index (Phi) is 4.52. The number of rotatable bonds is 4. The molecule has 1 aliphatic rings. The summed E-state index contributed by atoms with van der Waals surface area (Å²) in [7, 11) is -4.70. The molecule has 1 aromatic rings. The van der Waals surface area contributed by atoms with E-state index in [1.54, 1.807) is 13.0 Å². The predicted octanol–water partition coefficient (Wildman–Crippen LogP) is 2.32. The maximum absolute atomic E-state index is 12.8. The highest BCUT2D eigenvalue weighted by Crippen LogP contribution is 2.40. The first-order valence-electron chi connectivity index (χ1n) is 6.25. The lowest BCUT2D eigenvalue weighted by atomic mass is 10.1. The smallest absolute Gasteiger partial charge is 0.302 e. The number of carbonyl (C=O) groups excluding carboxylic acids is 1. The molecule has 0 bridgehead atoms. The molecule has 120 valence electrons. The Morgan fingerprint density at radius 3 is 2.68 bits per heavy atom. The number of benzene rings is 1. The average molecular weight is 395 g/mol. The molecule has 0 saturated carbocycles. The second-order valence-corrected chi connectivity index (χ2v) is 7.42. The molecule has 1 saturated heterocycles. The van der Waals surface area contributed by atoms with E-state index in [0.717, 1.165) is 4.90 Å². The number of anilines is 1. The fourth-order valence-electron chi connectivity index (χ4n) is 2.51. The molecule has 0 N–H and O–H groups in total. The Bertz CT molecular complexity index is 752. The third-order valence-electron chi connectivity index (χ3n) is 3.29. The van der Waals surface area contributed by atoms with E-state index in [1.807, 2.05) is 0 Å². The zero-order valence-electron chi connectivity index (χ0n) is 11.5. The van der Waals surface area contributed by atoms with Crippen LogP contribution in [0, 0.1) is 23.0 Å². The number of halogens is 2. The van der Waals surface area contributed by atoms with Gasteiger partial charge in [0.25, 0.3) is 5.69 Å². The van der Waals surface area contributed by atoms with Gasteiger partial charge in [0.2, 0.25) is 5.91 Å². The summed E-state index contributed by atoms with van der Waals surface area (Å²) in [5.41, 5.74) is 0.445. The minimum atomic E-state index is -4.70. The van der Waals surface area contributed by atoms with Crippen LogP contribution in [-0.2, 0) is 15.0 Å². The number of nitrogens with zero attached hydrogens (tertiary/aromatic N) is 2. The minimum absolute atomic E-state index is 0.0688. The molecule has 1 atom stereocenters. The van der Waals surface area contributed by atoms with E-state index < -0.39 is 32.7 Å². The first-order valence-corrected chi connectivity index (χ1v) is 8.60. The number of carbonyl (C=O) groups is 1. The summed E-state index contributed by atoms with van der Waals surface area (Å²) in [5, 5.41) is 11.2. The standard InChI is InChI=1S/C12H12BrFN2O5S/c1-7-2-9(13)12(10(3-7)16(18)19)15-5-8(4-11(15)17)6-22(14,20)21/h2-3,8H,4-6H2,1H3. The largest absolute Gasteiger partial charge is 0.305 e. The van der Waals surface area contributed by atoms with E-state index >= 15 is 0 Å². The molecular formula is C12H12BrFN2O5S. The van der Waals surface area contributed by atoms with Gasteiger partial charge in [-0.1, -0.05) is 0 Å². The number of nitro benzene ring substituents is 1. The molecule has 1 amide bonds. The lowest BCUT2D eigenvalue weighted by Crippen LogP contribution is -2.26. The van der Waals surface area contributed by atoms with Gasteiger partial charge in [0.15, 0.2) is 0 Å². The summed E-state index contributed by atoms with van der Waals surface area (Å²) in [6.45, 7) is 1.59. The first-order chi connectivity index (χ1) is 10.1. The van der Waals surface area contributed by atoms with Gasteiger partial charge in [-0.15, -0.1) is 3.89 Å². The van der Waals surface area contributed by atoms with E-state index in [-0.39, 0.29) is 24.3 Å². The van der Waals surface area contributed by atoms with Crippen molar-refractivity contribution in [2.24, 2.45) is 5.92 Å². The molecule has 22 heavy (non-hydrogen) atoms. The van der Waals surface area contributed by atoms with E-state index in [0.29, 0.717) is 10.0 Å². The molecule has 1 heterocycles. The second-order valence-electron chi connectivity index (χ2n) is 5.15. The van der Waals surface area contributed by atoms with Crippen molar-refractivity contribution in [3.05, 3.63) is 32.3 Å². The number of amides is 1. The minimum Gasteiger partial charge on any atom is -0.305 e. The predicted molar refractivity (Wildman–Crippen MR) is 80.9 cm³/mol. The second kappa shape index (κ2) is 5.92. The zero-order valence-corrected chi connectivity index (χ0v) is 13.9. The summed E-state index contributed by atoms with van der Waals surface area (Å²) in [5.74, 6) is -1.97. The molecule has 7 nitrogen and oxygen atoms in total. The van der Waals surface area contributed by atoms with Gasteiger partial charge in [-0.2, -0.15) is 8.42 Å².